The van der Waals surface area contributed by atoms with Crippen molar-refractivity contribution in [2.75, 3.05) is 34.5 Å². The molecule has 1 aromatic carbocycles. The molecule has 0 fully saturated rings. The summed E-state index contributed by atoms with van der Waals surface area (Å²) in [6, 6.07) is 11.5. The van der Waals surface area contributed by atoms with Crippen LogP contribution in [0.15, 0.2) is 55.1 Å². The highest BCUT2D eigenvalue weighted by Gasteiger charge is 2.14. The minimum absolute atomic E-state index is 0. The van der Waals surface area contributed by atoms with E-state index in [0.717, 1.165) is 33.5 Å². The summed E-state index contributed by atoms with van der Waals surface area (Å²) >= 11 is 0. The lowest BCUT2D eigenvalue weighted by Crippen LogP contribution is -2.20. The number of ketones is 1. The molecule has 0 aliphatic carbocycles. The number of pyridine rings is 1. The van der Waals surface area contributed by atoms with Crippen LogP contribution in [0.3, 0.4) is 0 Å². The smallest absolute Gasteiger partial charge is 0.206 e. The van der Waals surface area contributed by atoms with Crippen LogP contribution < -0.4 is 4.74 Å². The number of methoxy groups -OCH3 is 1. The van der Waals surface area contributed by atoms with Gasteiger partial charge in [-0.2, -0.15) is 0 Å². The number of benzene rings is 1. The maximum Gasteiger partial charge on any atom is 0.206 e. The predicted octanol–water partition coefficient (Wildman–Crippen LogP) is 3.66. The van der Waals surface area contributed by atoms with Gasteiger partial charge in [-0.25, -0.2) is 15.0 Å². The van der Waals surface area contributed by atoms with Gasteiger partial charge in [-0.3, -0.25) is 9.69 Å². The van der Waals surface area contributed by atoms with Crippen LogP contribution in [0.2, 0.25) is 0 Å². The molecule has 0 aliphatic heterocycles. The number of hydrogen-bond acceptors (Lipinski definition) is 7. The van der Waals surface area contributed by atoms with Crippen molar-refractivity contribution in [1.82, 2.24) is 24.8 Å². The Morgan fingerprint density at radius 3 is 2.77 bits per heavy atom. The van der Waals surface area contributed by atoms with Crippen molar-refractivity contribution in [3.63, 3.8) is 0 Å². The molecule has 31 heavy (non-hydrogen) atoms. The van der Waals surface area contributed by atoms with E-state index in [-0.39, 0.29) is 13.8 Å². The zero-order valence-corrected chi connectivity index (χ0v) is 17.6. The maximum atomic E-state index is 12.4. The molecule has 160 valence electrons. The first kappa shape index (κ1) is 20.6. The maximum absolute atomic E-state index is 12.4. The van der Waals surface area contributed by atoms with Crippen molar-refractivity contribution in [3.05, 3.63) is 60.8 Å². The summed E-state index contributed by atoms with van der Waals surface area (Å²) in [5.74, 6) is 0.581. The van der Waals surface area contributed by atoms with Crippen LogP contribution in [0, 0.1) is 0 Å². The number of rotatable bonds is 8. The number of para-hydroxylation sites is 1. The van der Waals surface area contributed by atoms with E-state index in [1.165, 1.54) is 6.33 Å². The van der Waals surface area contributed by atoms with Gasteiger partial charge in [0.2, 0.25) is 5.78 Å². The van der Waals surface area contributed by atoms with E-state index in [0.29, 0.717) is 18.1 Å². The van der Waals surface area contributed by atoms with Crippen molar-refractivity contribution in [1.29, 1.82) is 0 Å². The molecular weight excluding hydrogens is 394 g/mol. The Labute approximate surface area is 181 Å². The number of aromatic nitrogens is 4. The largest absolute Gasteiger partial charge is 0.496 e. The lowest BCUT2D eigenvalue weighted by Gasteiger charge is -2.10. The monoisotopic (exact) mass is 419 g/mol. The summed E-state index contributed by atoms with van der Waals surface area (Å²) in [5, 5.41) is 0.933. The minimum Gasteiger partial charge on any atom is -0.496 e. The van der Waals surface area contributed by atoms with E-state index in [1.807, 2.05) is 55.5 Å². The molecule has 0 atom stereocenters. The Bertz CT molecular complexity index is 1230. The quantitative estimate of drug-likeness (QED) is 0.344. The molecule has 8 heteroatoms. The van der Waals surface area contributed by atoms with Gasteiger partial charge < -0.3 is 14.5 Å². The lowest BCUT2D eigenvalue weighted by atomic mass is 10.0. The highest BCUT2D eigenvalue weighted by molar-refractivity contribution is 5.98. The molecule has 0 aliphatic rings. The zero-order valence-electron chi connectivity index (χ0n) is 17.6. The summed E-state index contributed by atoms with van der Waals surface area (Å²) in [5.41, 5.74) is 4.41. The highest BCUT2D eigenvalue weighted by Crippen LogP contribution is 2.35. The normalized spacial score (nSPS) is 11.2. The Kier molecular flexibility index (Phi) is 6.01. The molecule has 3 heterocycles. The van der Waals surface area contributed by atoms with Gasteiger partial charge in [-0.15, -0.1) is 0 Å². The fourth-order valence-electron chi connectivity index (χ4n) is 3.30. The summed E-state index contributed by atoms with van der Waals surface area (Å²) in [6.07, 6.45) is 5.03. The molecule has 0 radical (unpaired) electrons. The summed E-state index contributed by atoms with van der Waals surface area (Å²) in [6.45, 7) is 0.325. The average molecular weight is 419 g/mol. The number of aromatic amines is 1. The van der Waals surface area contributed by atoms with E-state index in [9.17, 15) is 4.79 Å². The van der Waals surface area contributed by atoms with Crippen LogP contribution in [0.25, 0.3) is 33.4 Å². The first-order chi connectivity index (χ1) is 15.1. The molecular formula is C23H25N5O3. The molecule has 0 amide bonds. The summed E-state index contributed by atoms with van der Waals surface area (Å²) in [7, 11) is 5.40. The van der Waals surface area contributed by atoms with Gasteiger partial charge in [0.1, 0.15) is 30.0 Å². The van der Waals surface area contributed by atoms with Gasteiger partial charge in [-0.1, -0.05) is 18.2 Å². The number of H-pyrrole nitrogens is 1. The van der Waals surface area contributed by atoms with Crippen molar-refractivity contribution in [2.45, 2.75) is 0 Å². The van der Waals surface area contributed by atoms with E-state index in [2.05, 4.69) is 19.9 Å². The van der Waals surface area contributed by atoms with Gasteiger partial charge in [0.05, 0.1) is 19.5 Å². The molecule has 4 rings (SSSR count). The molecule has 4 aromatic rings. The number of nitrogens with zero attached hydrogens (tertiary/aromatic N) is 4. The molecule has 1 N–H and O–H groups in total. The van der Waals surface area contributed by atoms with Crippen LogP contribution in [0.1, 0.15) is 11.9 Å². The molecule has 0 saturated carbocycles. The number of nitrogens with one attached hydrogen (secondary N) is 1. The third-order valence-corrected chi connectivity index (χ3v) is 4.76. The Morgan fingerprint density at radius 2 is 1.97 bits per heavy atom. The number of Topliss-reactive ketones (excluding diaryl/α,β-unsaturated/α-hetero) is 1. The Balaban J connectivity index is 0.00000289. The average Bonchev–Trinajstić information content (AvgIpc) is 3.22. The molecule has 0 unspecified atom stereocenters. The van der Waals surface area contributed by atoms with Crippen LogP contribution in [-0.2, 0) is 4.74 Å². The first-order valence-corrected chi connectivity index (χ1v) is 9.75. The predicted molar refractivity (Wildman–Crippen MR) is 120 cm³/mol. The fraction of sp³-hybridized carbons (Fsp3) is 0.217. The van der Waals surface area contributed by atoms with Gasteiger partial charge in [0.25, 0.3) is 0 Å². The number of carbonyl (C=O) groups is 1. The standard InChI is InChI=1S/C23H23N5O3.H2/c1-28(2)14-31-12-21(29)20-9-19(26-13-27-20)15-8-17-18(11-25-23(17)24-10-15)16-6-4-5-7-22(16)30-3;/h4-11,13H,12,14H2,1-3H3,(H,24,25);1H. The van der Waals surface area contributed by atoms with Crippen molar-refractivity contribution >= 4 is 16.8 Å². The summed E-state index contributed by atoms with van der Waals surface area (Å²) < 4.78 is 10.9. The van der Waals surface area contributed by atoms with Crippen LogP contribution in [-0.4, -0.2) is 65.2 Å². The second-order valence-corrected chi connectivity index (χ2v) is 7.29. The zero-order chi connectivity index (χ0) is 21.8. The van der Waals surface area contributed by atoms with Crippen molar-refractivity contribution in [2.24, 2.45) is 0 Å². The lowest BCUT2D eigenvalue weighted by molar-refractivity contribution is 0.0475. The van der Waals surface area contributed by atoms with Crippen LogP contribution in [0.5, 0.6) is 5.75 Å². The molecule has 3 aromatic heterocycles. The molecule has 0 spiro atoms. The number of hydrogen-bond donors (Lipinski definition) is 1. The first-order valence-electron chi connectivity index (χ1n) is 9.75. The van der Waals surface area contributed by atoms with Crippen molar-refractivity contribution in [3.8, 4) is 28.1 Å². The van der Waals surface area contributed by atoms with E-state index in [1.54, 1.807) is 19.4 Å². The fourth-order valence-corrected chi connectivity index (χ4v) is 3.30. The second kappa shape index (κ2) is 9.03. The molecule has 0 saturated heterocycles. The SMILES string of the molecule is COc1ccccc1-c1c[nH]c2ncc(-c3cc(C(=O)COCN(C)C)ncn3)cc12.[HH]. The van der Waals surface area contributed by atoms with Gasteiger partial charge >= 0.3 is 0 Å². The minimum atomic E-state index is -0.198. The van der Waals surface area contributed by atoms with E-state index in [4.69, 9.17) is 9.47 Å². The number of fused-ring (bicyclic) bond motifs is 1. The Morgan fingerprint density at radius 1 is 1.13 bits per heavy atom. The topological polar surface area (TPSA) is 93.2 Å². The second-order valence-electron chi connectivity index (χ2n) is 7.29. The van der Waals surface area contributed by atoms with E-state index >= 15 is 0 Å². The third-order valence-electron chi connectivity index (χ3n) is 4.76. The summed E-state index contributed by atoms with van der Waals surface area (Å²) in [4.78, 5) is 30.4. The molecule has 8 nitrogen and oxygen atoms in total. The van der Waals surface area contributed by atoms with Crippen molar-refractivity contribution < 1.29 is 15.7 Å². The third kappa shape index (κ3) is 4.45. The van der Waals surface area contributed by atoms with Crippen LogP contribution >= 0.6 is 0 Å². The van der Waals surface area contributed by atoms with E-state index < -0.39 is 0 Å². The number of ether oxygens (including phenoxy) is 2. The Hall–Kier alpha value is -3.62. The van der Waals surface area contributed by atoms with Gasteiger partial charge in [0, 0.05) is 35.9 Å². The van der Waals surface area contributed by atoms with Crippen LogP contribution in [0.4, 0.5) is 0 Å². The van der Waals surface area contributed by atoms with Gasteiger partial charge in [0.15, 0.2) is 0 Å². The highest BCUT2D eigenvalue weighted by atomic mass is 16.5. The molecule has 0 bridgehead atoms. The van der Waals surface area contributed by atoms with Gasteiger partial charge in [-0.05, 0) is 32.3 Å². The number of carbonyl (C=O) groups excluding carboxylic acids is 1.